The van der Waals surface area contributed by atoms with Crippen LogP contribution < -0.4 is 4.74 Å². The predicted molar refractivity (Wildman–Crippen MR) is 117 cm³/mol. The maximum absolute atomic E-state index is 11.9. The average molecular weight is 425 g/mol. The molecule has 172 valence electrons. The van der Waals surface area contributed by atoms with Crippen LogP contribution in [0.15, 0.2) is 18.2 Å². The first-order valence-electron chi connectivity index (χ1n) is 11.3. The Hall–Kier alpha value is -1.47. The molecule has 30 heavy (non-hydrogen) atoms. The largest absolute Gasteiger partial charge is 0.491 e. The molecule has 1 aromatic rings. The Morgan fingerprint density at radius 1 is 0.967 bits per heavy atom. The molecule has 0 spiro atoms. The molecule has 4 N–H and O–H groups in total. The van der Waals surface area contributed by atoms with Crippen LogP contribution in [0.5, 0.6) is 5.75 Å². The molecule has 0 saturated carbocycles. The van der Waals surface area contributed by atoms with E-state index in [1.54, 1.807) is 0 Å². The van der Waals surface area contributed by atoms with E-state index in [1.165, 1.54) is 38.5 Å². The summed E-state index contributed by atoms with van der Waals surface area (Å²) in [4.78, 5) is 11.9. The van der Waals surface area contributed by atoms with Gasteiger partial charge in [0, 0.05) is 37.5 Å². The lowest BCUT2D eigenvalue weighted by molar-refractivity contribution is -0.123. The lowest BCUT2D eigenvalue weighted by Crippen LogP contribution is -2.24. The fraction of sp³-hybridized carbons (Fsp3) is 0.708. The van der Waals surface area contributed by atoms with Gasteiger partial charge in [-0.1, -0.05) is 51.5 Å². The number of carbonyl (C=O) groups is 1. The van der Waals surface area contributed by atoms with Gasteiger partial charge in [0.15, 0.2) is 0 Å². The minimum Gasteiger partial charge on any atom is -0.491 e. The number of carbonyl (C=O) groups excluding carboxylic acids is 1. The standard InChI is InChI=1S/C24H40O6/c1-2-3-4-5-6-7-8-9-19-10-11-24(21(12-19)17-27)30-18-23(29)14-22(28)13-20(15-25)16-26/h10-12,20,23,25-27,29H,2-9,13-18H2,1H3. The number of benzene rings is 1. The third-order valence-electron chi connectivity index (χ3n) is 5.29. The Morgan fingerprint density at radius 3 is 2.27 bits per heavy atom. The highest BCUT2D eigenvalue weighted by Gasteiger charge is 2.17. The monoisotopic (exact) mass is 424 g/mol. The number of hydrogen-bond acceptors (Lipinski definition) is 6. The minimum atomic E-state index is -0.977. The third kappa shape index (κ3) is 11.1. The molecule has 0 aliphatic rings. The quantitative estimate of drug-likeness (QED) is 0.270. The van der Waals surface area contributed by atoms with Gasteiger partial charge in [-0.25, -0.2) is 0 Å². The molecule has 0 fully saturated rings. The number of hydrogen-bond donors (Lipinski definition) is 4. The van der Waals surface area contributed by atoms with E-state index < -0.39 is 12.0 Å². The Balaban J connectivity index is 2.40. The fourth-order valence-corrected chi connectivity index (χ4v) is 3.44. The highest BCUT2D eigenvalue weighted by molar-refractivity contribution is 5.79. The molecular weight excluding hydrogens is 384 g/mol. The van der Waals surface area contributed by atoms with E-state index in [0.29, 0.717) is 11.3 Å². The molecular formula is C24H40O6. The summed E-state index contributed by atoms with van der Waals surface area (Å²) in [5.41, 5.74) is 1.84. The van der Waals surface area contributed by atoms with Crippen molar-refractivity contribution >= 4 is 5.78 Å². The Labute approximate surface area is 180 Å². The number of ether oxygens (including phenoxy) is 1. The van der Waals surface area contributed by atoms with Crippen LogP contribution in [0, 0.1) is 5.92 Å². The van der Waals surface area contributed by atoms with E-state index in [9.17, 15) is 15.0 Å². The molecule has 1 rings (SSSR count). The second-order valence-corrected chi connectivity index (χ2v) is 8.11. The van der Waals surface area contributed by atoms with Gasteiger partial charge in [0.2, 0.25) is 0 Å². The normalized spacial score (nSPS) is 12.3. The van der Waals surface area contributed by atoms with Crippen LogP contribution in [0.25, 0.3) is 0 Å². The van der Waals surface area contributed by atoms with Crippen LogP contribution in [0.3, 0.4) is 0 Å². The van der Waals surface area contributed by atoms with E-state index >= 15 is 0 Å². The van der Waals surface area contributed by atoms with Crippen molar-refractivity contribution in [2.24, 2.45) is 5.92 Å². The Bertz CT molecular complexity index is 585. The maximum Gasteiger partial charge on any atom is 0.136 e. The lowest BCUT2D eigenvalue weighted by Gasteiger charge is -2.16. The van der Waals surface area contributed by atoms with Crippen molar-refractivity contribution in [3.63, 3.8) is 0 Å². The molecule has 0 aromatic heterocycles. The summed E-state index contributed by atoms with van der Waals surface area (Å²) in [6, 6.07) is 5.73. The van der Waals surface area contributed by atoms with Gasteiger partial charge in [-0.05, 0) is 30.5 Å². The van der Waals surface area contributed by atoms with E-state index in [1.807, 2.05) is 18.2 Å². The van der Waals surface area contributed by atoms with Crippen LogP contribution in [0.2, 0.25) is 0 Å². The molecule has 0 heterocycles. The minimum absolute atomic E-state index is 0.0270. The van der Waals surface area contributed by atoms with Crippen LogP contribution in [-0.2, 0) is 17.8 Å². The van der Waals surface area contributed by atoms with Crippen LogP contribution >= 0.6 is 0 Å². The SMILES string of the molecule is CCCCCCCCCc1ccc(OCC(O)CC(=O)CC(CO)CO)c(CO)c1. The first kappa shape index (κ1) is 26.6. The fourth-order valence-electron chi connectivity index (χ4n) is 3.44. The van der Waals surface area contributed by atoms with Crippen molar-refractivity contribution in [1.29, 1.82) is 0 Å². The zero-order valence-corrected chi connectivity index (χ0v) is 18.4. The summed E-state index contributed by atoms with van der Waals surface area (Å²) < 4.78 is 5.62. The summed E-state index contributed by atoms with van der Waals surface area (Å²) >= 11 is 0. The van der Waals surface area contributed by atoms with Gasteiger partial charge in [-0.2, -0.15) is 0 Å². The van der Waals surface area contributed by atoms with Crippen molar-refractivity contribution < 1.29 is 30.0 Å². The molecule has 1 atom stereocenters. The molecule has 1 aromatic carbocycles. The smallest absolute Gasteiger partial charge is 0.136 e. The summed E-state index contributed by atoms with van der Waals surface area (Å²) in [7, 11) is 0. The van der Waals surface area contributed by atoms with E-state index in [2.05, 4.69) is 6.92 Å². The van der Waals surface area contributed by atoms with Gasteiger partial charge in [0.1, 0.15) is 18.1 Å². The van der Waals surface area contributed by atoms with Crippen molar-refractivity contribution in [1.82, 2.24) is 0 Å². The number of ketones is 1. The molecule has 0 amide bonds. The summed E-state index contributed by atoms with van der Waals surface area (Å²) in [5.74, 6) is -0.210. The molecule has 0 aliphatic carbocycles. The molecule has 6 heteroatoms. The number of aliphatic hydroxyl groups is 4. The van der Waals surface area contributed by atoms with Gasteiger partial charge >= 0.3 is 0 Å². The van der Waals surface area contributed by atoms with Gasteiger partial charge in [0.05, 0.1) is 12.7 Å². The number of unbranched alkanes of at least 4 members (excludes halogenated alkanes) is 6. The molecule has 0 bridgehead atoms. The van der Waals surface area contributed by atoms with Crippen LogP contribution in [0.1, 0.15) is 75.8 Å². The lowest BCUT2D eigenvalue weighted by atomic mass is 10.0. The predicted octanol–water partition coefficient (Wildman–Crippen LogP) is 3.16. The first-order valence-corrected chi connectivity index (χ1v) is 11.3. The Kier molecular flexibility index (Phi) is 14.4. The topological polar surface area (TPSA) is 107 Å². The second-order valence-electron chi connectivity index (χ2n) is 8.11. The molecule has 0 radical (unpaired) electrons. The van der Waals surface area contributed by atoms with E-state index in [4.69, 9.17) is 14.9 Å². The summed E-state index contributed by atoms with van der Waals surface area (Å²) in [6.07, 6.45) is 8.72. The third-order valence-corrected chi connectivity index (χ3v) is 5.29. The van der Waals surface area contributed by atoms with E-state index in [-0.39, 0.29) is 45.1 Å². The Morgan fingerprint density at radius 2 is 1.63 bits per heavy atom. The van der Waals surface area contributed by atoms with Gasteiger partial charge < -0.3 is 25.2 Å². The van der Waals surface area contributed by atoms with Crippen molar-refractivity contribution in [3.05, 3.63) is 29.3 Å². The van der Waals surface area contributed by atoms with Gasteiger partial charge in [-0.15, -0.1) is 0 Å². The first-order chi connectivity index (χ1) is 14.5. The zero-order chi connectivity index (χ0) is 22.2. The van der Waals surface area contributed by atoms with Gasteiger partial charge in [0.25, 0.3) is 0 Å². The number of rotatable bonds is 18. The summed E-state index contributed by atoms with van der Waals surface area (Å²) in [6.45, 7) is 1.49. The molecule has 6 nitrogen and oxygen atoms in total. The molecule has 0 aliphatic heterocycles. The maximum atomic E-state index is 11.9. The highest BCUT2D eigenvalue weighted by atomic mass is 16.5. The van der Waals surface area contributed by atoms with Crippen molar-refractivity contribution in [2.75, 3.05) is 19.8 Å². The van der Waals surface area contributed by atoms with E-state index in [0.717, 1.165) is 18.4 Å². The molecule has 1 unspecified atom stereocenters. The van der Waals surface area contributed by atoms with Gasteiger partial charge in [-0.3, -0.25) is 4.79 Å². The number of Topliss-reactive ketones (excluding diaryl/α,β-unsaturated/α-hetero) is 1. The van der Waals surface area contributed by atoms with Crippen LogP contribution in [0.4, 0.5) is 0 Å². The number of aliphatic hydroxyl groups excluding tert-OH is 4. The van der Waals surface area contributed by atoms with Crippen molar-refractivity contribution in [2.45, 2.75) is 83.8 Å². The zero-order valence-electron chi connectivity index (χ0n) is 18.4. The second kappa shape index (κ2) is 16.3. The van der Waals surface area contributed by atoms with Crippen molar-refractivity contribution in [3.8, 4) is 5.75 Å². The number of aryl methyl sites for hydroxylation is 1. The highest BCUT2D eigenvalue weighted by Crippen LogP contribution is 2.22. The molecule has 0 saturated heterocycles. The van der Waals surface area contributed by atoms with Crippen LogP contribution in [-0.4, -0.2) is 52.1 Å². The average Bonchev–Trinajstić information content (AvgIpc) is 2.75. The summed E-state index contributed by atoms with van der Waals surface area (Å²) in [5, 5.41) is 37.8.